The zero-order valence-electron chi connectivity index (χ0n) is 13.7. The number of carbonyl (C=O) groups excluding carboxylic acids is 2. The van der Waals surface area contributed by atoms with Crippen LogP contribution in [0.1, 0.15) is 18.5 Å². The van der Waals surface area contributed by atoms with Crippen molar-refractivity contribution in [3.05, 3.63) is 64.1 Å². The molecule has 2 atom stereocenters. The molecule has 0 spiro atoms. The predicted molar refractivity (Wildman–Crippen MR) is 95.9 cm³/mol. The zero-order chi connectivity index (χ0) is 18.4. The van der Waals surface area contributed by atoms with E-state index in [0.29, 0.717) is 21.4 Å². The molecule has 2 aromatic rings. The Bertz CT molecular complexity index is 732. The Morgan fingerprint density at radius 1 is 1.04 bits per heavy atom. The minimum Gasteiger partial charge on any atom is -0.481 e. The first-order valence-corrected chi connectivity index (χ1v) is 8.22. The maximum atomic E-state index is 12.4. The van der Waals surface area contributed by atoms with Crippen molar-refractivity contribution in [2.24, 2.45) is 0 Å². The molecule has 0 saturated heterocycles. The number of esters is 1. The SMILES string of the molecule is COC(=O)C(NC(=O)C(C)Oc1cc(Cl)cc(Cl)c1)c1ccccc1. The molecule has 5 nitrogen and oxygen atoms in total. The third-order valence-electron chi connectivity index (χ3n) is 3.37. The molecule has 1 amide bonds. The van der Waals surface area contributed by atoms with Crippen LogP contribution in [-0.2, 0) is 14.3 Å². The molecule has 0 bridgehead atoms. The molecular weight excluding hydrogens is 365 g/mol. The second-order valence-electron chi connectivity index (χ2n) is 5.24. The molecule has 0 aromatic heterocycles. The summed E-state index contributed by atoms with van der Waals surface area (Å²) in [5.74, 6) is -0.692. The zero-order valence-corrected chi connectivity index (χ0v) is 15.2. The van der Waals surface area contributed by atoms with Gasteiger partial charge in [0.25, 0.3) is 5.91 Å². The molecule has 25 heavy (non-hydrogen) atoms. The van der Waals surface area contributed by atoms with E-state index in [1.165, 1.54) is 7.11 Å². The van der Waals surface area contributed by atoms with Gasteiger partial charge in [-0.3, -0.25) is 4.79 Å². The molecule has 0 aliphatic carbocycles. The highest BCUT2D eigenvalue weighted by Gasteiger charge is 2.26. The second kappa shape index (κ2) is 8.74. The average molecular weight is 382 g/mol. The van der Waals surface area contributed by atoms with Crippen LogP contribution in [-0.4, -0.2) is 25.1 Å². The van der Waals surface area contributed by atoms with E-state index in [-0.39, 0.29) is 0 Å². The van der Waals surface area contributed by atoms with Gasteiger partial charge < -0.3 is 14.8 Å². The Hall–Kier alpha value is -2.24. The number of benzene rings is 2. The summed E-state index contributed by atoms with van der Waals surface area (Å²) in [7, 11) is 1.26. The average Bonchev–Trinajstić information content (AvgIpc) is 2.58. The van der Waals surface area contributed by atoms with Gasteiger partial charge in [-0.25, -0.2) is 4.79 Å². The third-order valence-corrected chi connectivity index (χ3v) is 3.81. The summed E-state index contributed by atoms with van der Waals surface area (Å²) >= 11 is 11.8. The minimum absolute atomic E-state index is 0.356. The molecule has 1 N–H and O–H groups in total. The van der Waals surface area contributed by atoms with Gasteiger partial charge in [0, 0.05) is 10.0 Å². The van der Waals surface area contributed by atoms with Gasteiger partial charge in [0.2, 0.25) is 0 Å². The molecule has 0 fully saturated rings. The standard InChI is InChI=1S/C18H17Cl2NO4/c1-11(25-15-9-13(19)8-14(20)10-15)17(22)21-16(18(23)24-2)12-6-4-3-5-7-12/h3-11,16H,1-2H3,(H,21,22). The first-order valence-electron chi connectivity index (χ1n) is 7.46. The van der Waals surface area contributed by atoms with E-state index in [1.807, 2.05) is 6.07 Å². The van der Waals surface area contributed by atoms with E-state index in [1.54, 1.807) is 49.4 Å². The van der Waals surface area contributed by atoms with Gasteiger partial charge in [-0.15, -0.1) is 0 Å². The van der Waals surface area contributed by atoms with Gasteiger partial charge in [0.05, 0.1) is 7.11 Å². The van der Waals surface area contributed by atoms with Crippen LogP contribution in [0.4, 0.5) is 0 Å². The van der Waals surface area contributed by atoms with Gasteiger partial charge in [0.1, 0.15) is 5.75 Å². The van der Waals surface area contributed by atoms with Crippen LogP contribution >= 0.6 is 23.2 Å². The van der Waals surface area contributed by atoms with Crippen LogP contribution in [0.15, 0.2) is 48.5 Å². The number of methoxy groups -OCH3 is 1. The monoisotopic (exact) mass is 381 g/mol. The fraction of sp³-hybridized carbons (Fsp3) is 0.222. The number of hydrogen-bond acceptors (Lipinski definition) is 4. The van der Waals surface area contributed by atoms with Gasteiger partial charge in [-0.1, -0.05) is 53.5 Å². The molecule has 0 aliphatic rings. The van der Waals surface area contributed by atoms with Crippen LogP contribution in [0.3, 0.4) is 0 Å². The highest BCUT2D eigenvalue weighted by molar-refractivity contribution is 6.34. The van der Waals surface area contributed by atoms with Crippen molar-refractivity contribution < 1.29 is 19.1 Å². The predicted octanol–water partition coefficient (Wildman–Crippen LogP) is 3.79. The molecule has 0 heterocycles. The Balaban J connectivity index is 2.10. The lowest BCUT2D eigenvalue weighted by Crippen LogP contribution is -2.41. The van der Waals surface area contributed by atoms with E-state index in [9.17, 15) is 9.59 Å². The van der Waals surface area contributed by atoms with Crippen LogP contribution in [0.5, 0.6) is 5.75 Å². The molecular formula is C18H17Cl2NO4. The largest absolute Gasteiger partial charge is 0.481 e. The van der Waals surface area contributed by atoms with E-state index in [4.69, 9.17) is 32.7 Å². The van der Waals surface area contributed by atoms with Crippen molar-refractivity contribution >= 4 is 35.1 Å². The summed E-state index contributed by atoms with van der Waals surface area (Å²) in [6, 6.07) is 12.5. The Kier molecular flexibility index (Phi) is 6.67. The number of halogens is 2. The smallest absolute Gasteiger partial charge is 0.333 e. The fourth-order valence-corrected chi connectivity index (χ4v) is 2.66. The highest BCUT2D eigenvalue weighted by Crippen LogP contribution is 2.25. The molecule has 0 aliphatic heterocycles. The van der Waals surface area contributed by atoms with Gasteiger partial charge in [-0.05, 0) is 30.7 Å². The van der Waals surface area contributed by atoms with Crippen molar-refractivity contribution in [2.75, 3.05) is 7.11 Å². The van der Waals surface area contributed by atoms with Gasteiger partial charge in [0.15, 0.2) is 12.1 Å². The first-order chi connectivity index (χ1) is 11.9. The van der Waals surface area contributed by atoms with Crippen molar-refractivity contribution in [1.29, 1.82) is 0 Å². The van der Waals surface area contributed by atoms with Crippen molar-refractivity contribution in [1.82, 2.24) is 5.32 Å². The van der Waals surface area contributed by atoms with E-state index in [0.717, 1.165) is 0 Å². The lowest BCUT2D eigenvalue weighted by molar-refractivity contribution is -0.146. The van der Waals surface area contributed by atoms with Crippen LogP contribution < -0.4 is 10.1 Å². The first kappa shape index (κ1) is 19.1. The molecule has 7 heteroatoms. The van der Waals surface area contributed by atoms with E-state index < -0.39 is 24.0 Å². The summed E-state index contributed by atoms with van der Waals surface area (Å²) < 4.78 is 10.3. The number of nitrogens with one attached hydrogen (secondary N) is 1. The summed E-state index contributed by atoms with van der Waals surface area (Å²) in [5, 5.41) is 3.42. The van der Waals surface area contributed by atoms with E-state index >= 15 is 0 Å². The normalized spacial score (nSPS) is 12.8. The van der Waals surface area contributed by atoms with Crippen molar-refractivity contribution in [3.63, 3.8) is 0 Å². The van der Waals surface area contributed by atoms with Crippen LogP contribution in [0.2, 0.25) is 10.0 Å². The molecule has 2 unspecified atom stereocenters. The van der Waals surface area contributed by atoms with E-state index in [2.05, 4.69) is 5.32 Å². The highest BCUT2D eigenvalue weighted by atomic mass is 35.5. The van der Waals surface area contributed by atoms with Gasteiger partial charge in [-0.2, -0.15) is 0 Å². The third kappa shape index (κ3) is 5.37. The Labute approximate surface area is 155 Å². The number of hydrogen-bond donors (Lipinski definition) is 1. The maximum Gasteiger partial charge on any atom is 0.333 e. The number of amides is 1. The summed E-state index contributed by atoms with van der Waals surface area (Å²) in [4.78, 5) is 24.4. The number of rotatable bonds is 6. The van der Waals surface area contributed by atoms with Crippen LogP contribution in [0.25, 0.3) is 0 Å². The number of carbonyl (C=O) groups is 2. The molecule has 2 aromatic carbocycles. The van der Waals surface area contributed by atoms with Gasteiger partial charge >= 0.3 is 5.97 Å². The topological polar surface area (TPSA) is 64.6 Å². The second-order valence-corrected chi connectivity index (χ2v) is 6.11. The maximum absolute atomic E-state index is 12.4. The summed E-state index contributed by atoms with van der Waals surface area (Å²) in [6.07, 6.45) is -0.870. The summed E-state index contributed by atoms with van der Waals surface area (Å²) in [5.41, 5.74) is 0.612. The lowest BCUT2D eigenvalue weighted by Gasteiger charge is -2.20. The fourth-order valence-electron chi connectivity index (χ4n) is 2.16. The Morgan fingerprint density at radius 2 is 1.64 bits per heavy atom. The van der Waals surface area contributed by atoms with Crippen molar-refractivity contribution in [2.45, 2.75) is 19.1 Å². The quantitative estimate of drug-likeness (QED) is 0.773. The summed E-state index contributed by atoms with van der Waals surface area (Å²) in [6.45, 7) is 1.56. The lowest BCUT2D eigenvalue weighted by atomic mass is 10.1. The van der Waals surface area contributed by atoms with Crippen LogP contribution in [0, 0.1) is 0 Å². The molecule has 2 rings (SSSR count). The minimum atomic E-state index is -0.923. The van der Waals surface area contributed by atoms with Crippen molar-refractivity contribution in [3.8, 4) is 5.75 Å². The number of ether oxygens (including phenoxy) is 2. The molecule has 0 saturated carbocycles. The molecule has 0 radical (unpaired) electrons. The molecule has 132 valence electrons. The Morgan fingerprint density at radius 3 is 2.20 bits per heavy atom.